The summed E-state index contributed by atoms with van der Waals surface area (Å²) in [6.07, 6.45) is 3.50. The molecule has 1 aromatic rings. The van der Waals surface area contributed by atoms with E-state index in [9.17, 15) is 0 Å². The molecular formula is C13H17NS. The van der Waals surface area contributed by atoms with E-state index in [4.69, 9.17) is 0 Å². The smallest absolute Gasteiger partial charge is 0.0237 e. The van der Waals surface area contributed by atoms with Crippen molar-refractivity contribution in [2.45, 2.75) is 13.0 Å². The monoisotopic (exact) mass is 219 g/mol. The Labute approximate surface area is 97.2 Å². The molecule has 0 aromatic heterocycles. The molecule has 1 aromatic carbocycles. The van der Waals surface area contributed by atoms with E-state index in [0.717, 1.165) is 18.8 Å². The van der Waals surface area contributed by atoms with E-state index >= 15 is 0 Å². The minimum absolute atomic E-state index is 0.916. The molecule has 0 saturated heterocycles. The summed E-state index contributed by atoms with van der Waals surface area (Å²) < 4.78 is 0. The summed E-state index contributed by atoms with van der Waals surface area (Å²) in [7, 11) is 0. The van der Waals surface area contributed by atoms with Crippen LogP contribution in [-0.4, -0.2) is 23.7 Å². The first-order valence-corrected chi connectivity index (χ1v) is 6.07. The molecule has 0 atom stereocenters. The molecule has 80 valence electrons. The van der Waals surface area contributed by atoms with E-state index in [1.165, 1.54) is 24.1 Å². The molecule has 1 heterocycles. The predicted molar refractivity (Wildman–Crippen MR) is 68.3 cm³/mol. The summed E-state index contributed by atoms with van der Waals surface area (Å²) >= 11 is 4.31. The van der Waals surface area contributed by atoms with Gasteiger partial charge in [0.15, 0.2) is 0 Å². The lowest BCUT2D eigenvalue weighted by atomic mass is 10.1. The number of benzene rings is 1. The fourth-order valence-electron chi connectivity index (χ4n) is 1.88. The fourth-order valence-corrected chi connectivity index (χ4v) is 2.17. The SMILES string of the molecule is SCC1=CCN(Cc2ccccc2)CC1. The predicted octanol–water partition coefficient (Wildman–Crippen LogP) is 2.75. The van der Waals surface area contributed by atoms with E-state index in [2.05, 4.69) is 53.9 Å². The van der Waals surface area contributed by atoms with Crippen molar-refractivity contribution in [1.29, 1.82) is 0 Å². The van der Waals surface area contributed by atoms with Crippen molar-refractivity contribution >= 4 is 12.6 Å². The maximum Gasteiger partial charge on any atom is 0.0237 e. The van der Waals surface area contributed by atoms with Gasteiger partial charge in [0.05, 0.1) is 0 Å². The third-order valence-corrected chi connectivity index (χ3v) is 3.25. The quantitative estimate of drug-likeness (QED) is 0.604. The Balaban J connectivity index is 1.90. The molecule has 0 radical (unpaired) electrons. The lowest BCUT2D eigenvalue weighted by Gasteiger charge is -2.25. The van der Waals surface area contributed by atoms with Crippen LogP contribution in [-0.2, 0) is 6.54 Å². The standard InChI is InChI=1S/C13H17NS/c15-11-13-6-8-14(9-7-13)10-12-4-2-1-3-5-12/h1-6,15H,7-11H2. The van der Waals surface area contributed by atoms with Gasteiger partial charge < -0.3 is 0 Å². The first-order chi connectivity index (χ1) is 7.38. The Morgan fingerprint density at radius 3 is 2.60 bits per heavy atom. The van der Waals surface area contributed by atoms with E-state index < -0.39 is 0 Å². The van der Waals surface area contributed by atoms with Crippen LogP contribution in [0.3, 0.4) is 0 Å². The van der Waals surface area contributed by atoms with Gasteiger partial charge in [0.1, 0.15) is 0 Å². The molecule has 1 nitrogen and oxygen atoms in total. The summed E-state index contributed by atoms with van der Waals surface area (Å²) in [5, 5.41) is 0. The van der Waals surface area contributed by atoms with Crippen LogP contribution in [0.1, 0.15) is 12.0 Å². The van der Waals surface area contributed by atoms with Gasteiger partial charge in [-0.25, -0.2) is 0 Å². The highest BCUT2D eigenvalue weighted by atomic mass is 32.1. The minimum Gasteiger partial charge on any atom is -0.295 e. The van der Waals surface area contributed by atoms with Gasteiger partial charge in [0.25, 0.3) is 0 Å². The summed E-state index contributed by atoms with van der Waals surface area (Å²) in [6.45, 7) is 3.31. The Kier molecular flexibility index (Phi) is 3.87. The molecule has 0 spiro atoms. The Morgan fingerprint density at radius 1 is 1.20 bits per heavy atom. The van der Waals surface area contributed by atoms with Crippen molar-refractivity contribution in [3.63, 3.8) is 0 Å². The second-order valence-electron chi connectivity index (χ2n) is 3.99. The van der Waals surface area contributed by atoms with E-state index in [-0.39, 0.29) is 0 Å². The van der Waals surface area contributed by atoms with Gasteiger partial charge in [-0.15, -0.1) is 0 Å². The lowest BCUT2D eigenvalue weighted by molar-refractivity contribution is 0.286. The molecule has 2 rings (SSSR count). The molecule has 1 aliphatic heterocycles. The molecule has 0 aliphatic carbocycles. The van der Waals surface area contributed by atoms with Crippen molar-refractivity contribution in [2.75, 3.05) is 18.8 Å². The van der Waals surface area contributed by atoms with Gasteiger partial charge >= 0.3 is 0 Å². The molecule has 2 heteroatoms. The maximum atomic E-state index is 4.31. The maximum absolute atomic E-state index is 4.31. The Morgan fingerprint density at radius 2 is 2.00 bits per heavy atom. The normalized spacial score (nSPS) is 17.5. The van der Waals surface area contributed by atoms with Gasteiger partial charge in [-0.05, 0) is 12.0 Å². The second kappa shape index (κ2) is 5.38. The third-order valence-electron chi connectivity index (χ3n) is 2.84. The molecule has 0 saturated carbocycles. The molecule has 1 aliphatic rings. The van der Waals surface area contributed by atoms with E-state index in [1.807, 2.05) is 0 Å². The van der Waals surface area contributed by atoms with Gasteiger partial charge in [0, 0.05) is 25.4 Å². The molecule has 0 fully saturated rings. The Bertz CT molecular complexity index is 332. The van der Waals surface area contributed by atoms with Crippen LogP contribution in [0.15, 0.2) is 42.0 Å². The van der Waals surface area contributed by atoms with Gasteiger partial charge in [-0.3, -0.25) is 4.90 Å². The highest BCUT2D eigenvalue weighted by Crippen LogP contribution is 2.14. The van der Waals surface area contributed by atoms with Crippen LogP contribution in [0.5, 0.6) is 0 Å². The molecule has 0 bridgehead atoms. The zero-order valence-electron chi connectivity index (χ0n) is 8.89. The van der Waals surface area contributed by atoms with Crippen molar-refractivity contribution in [2.24, 2.45) is 0 Å². The van der Waals surface area contributed by atoms with Gasteiger partial charge in [0.2, 0.25) is 0 Å². The summed E-state index contributed by atoms with van der Waals surface area (Å²) in [5.74, 6) is 0.916. The van der Waals surface area contributed by atoms with Crippen LogP contribution in [0, 0.1) is 0 Å². The average Bonchev–Trinajstić information content (AvgIpc) is 2.31. The van der Waals surface area contributed by atoms with Crippen LogP contribution >= 0.6 is 12.6 Å². The van der Waals surface area contributed by atoms with Crippen LogP contribution < -0.4 is 0 Å². The molecule has 0 amide bonds. The van der Waals surface area contributed by atoms with Crippen molar-refractivity contribution < 1.29 is 0 Å². The third kappa shape index (κ3) is 3.11. The summed E-state index contributed by atoms with van der Waals surface area (Å²) in [4.78, 5) is 2.47. The lowest BCUT2D eigenvalue weighted by Crippen LogP contribution is -2.28. The fraction of sp³-hybridized carbons (Fsp3) is 0.385. The number of hydrogen-bond acceptors (Lipinski definition) is 2. The topological polar surface area (TPSA) is 3.24 Å². The van der Waals surface area contributed by atoms with E-state index in [1.54, 1.807) is 0 Å². The summed E-state index contributed by atoms with van der Waals surface area (Å²) in [5.41, 5.74) is 2.89. The minimum atomic E-state index is 0.916. The van der Waals surface area contributed by atoms with Crippen molar-refractivity contribution in [1.82, 2.24) is 4.90 Å². The van der Waals surface area contributed by atoms with Crippen molar-refractivity contribution in [3.05, 3.63) is 47.5 Å². The van der Waals surface area contributed by atoms with Gasteiger partial charge in [-0.2, -0.15) is 12.6 Å². The molecule has 15 heavy (non-hydrogen) atoms. The molecule has 0 N–H and O–H groups in total. The highest BCUT2D eigenvalue weighted by Gasteiger charge is 2.10. The van der Waals surface area contributed by atoms with Crippen LogP contribution in [0.25, 0.3) is 0 Å². The van der Waals surface area contributed by atoms with Crippen molar-refractivity contribution in [3.8, 4) is 0 Å². The summed E-state index contributed by atoms with van der Waals surface area (Å²) in [6, 6.07) is 10.7. The van der Waals surface area contributed by atoms with Crippen LogP contribution in [0.4, 0.5) is 0 Å². The number of rotatable bonds is 3. The first kappa shape index (κ1) is 10.8. The number of thiol groups is 1. The van der Waals surface area contributed by atoms with Gasteiger partial charge in [-0.1, -0.05) is 42.0 Å². The first-order valence-electron chi connectivity index (χ1n) is 5.43. The van der Waals surface area contributed by atoms with E-state index in [0.29, 0.717) is 0 Å². The highest BCUT2D eigenvalue weighted by molar-refractivity contribution is 7.80. The Hall–Kier alpha value is -0.730. The largest absolute Gasteiger partial charge is 0.295 e. The zero-order valence-corrected chi connectivity index (χ0v) is 9.79. The number of nitrogens with zero attached hydrogens (tertiary/aromatic N) is 1. The average molecular weight is 219 g/mol. The number of hydrogen-bond donors (Lipinski definition) is 1. The zero-order chi connectivity index (χ0) is 10.5. The second-order valence-corrected chi connectivity index (χ2v) is 4.31. The molecular weight excluding hydrogens is 202 g/mol. The van der Waals surface area contributed by atoms with Crippen LogP contribution in [0.2, 0.25) is 0 Å². The molecule has 0 unspecified atom stereocenters.